The van der Waals surface area contributed by atoms with Gasteiger partial charge in [-0.05, 0) is 92.9 Å². The van der Waals surface area contributed by atoms with Crippen molar-refractivity contribution in [3.63, 3.8) is 0 Å². The standard InChI is InChI=1S/C31H43N3O3S/c1-22-16-23(2)18-27(17-22)38(36,37)26-12-10-24(11-13-26)20-33-30(35)28-19-31(21-32-15-14-29(31)34-28)25-8-6-4-3-5-7-9-25/h10-13,16-18,25,28-29,32,34H,3-9,14-15,19-21H2,1-2H3,(H,33,35). The van der Waals surface area contributed by atoms with Crippen LogP contribution in [0.15, 0.2) is 52.3 Å². The predicted molar refractivity (Wildman–Crippen MR) is 151 cm³/mol. The molecule has 2 aromatic carbocycles. The molecule has 3 atom stereocenters. The fraction of sp³-hybridized carbons (Fsp3) is 0.581. The van der Waals surface area contributed by atoms with Crippen LogP contribution in [0.25, 0.3) is 0 Å². The highest BCUT2D eigenvalue weighted by atomic mass is 32.2. The highest BCUT2D eigenvalue weighted by molar-refractivity contribution is 7.91. The molecule has 3 N–H and O–H groups in total. The molecule has 6 nitrogen and oxygen atoms in total. The Balaban J connectivity index is 1.22. The van der Waals surface area contributed by atoms with Crippen molar-refractivity contribution in [3.05, 3.63) is 59.2 Å². The van der Waals surface area contributed by atoms with Crippen molar-refractivity contribution in [2.75, 3.05) is 13.1 Å². The van der Waals surface area contributed by atoms with Crippen LogP contribution in [0, 0.1) is 25.2 Å². The van der Waals surface area contributed by atoms with Crippen LogP contribution in [0.5, 0.6) is 0 Å². The number of carbonyl (C=O) groups is 1. The normalized spacial score (nSPS) is 26.8. The van der Waals surface area contributed by atoms with E-state index in [4.69, 9.17) is 0 Å². The van der Waals surface area contributed by atoms with E-state index in [1.165, 1.54) is 44.9 Å². The number of benzene rings is 2. The number of aryl methyl sites for hydroxylation is 2. The lowest BCUT2D eigenvalue weighted by Crippen LogP contribution is -2.54. The van der Waals surface area contributed by atoms with Crippen LogP contribution in [-0.2, 0) is 21.2 Å². The van der Waals surface area contributed by atoms with Gasteiger partial charge >= 0.3 is 0 Å². The monoisotopic (exact) mass is 537 g/mol. The minimum atomic E-state index is -3.58. The van der Waals surface area contributed by atoms with E-state index in [2.05, 4.69) is 16.0 Å². The second-order valence-corrected chi connectivity index (χ2v) is 13.9. The molecule has 1 aliphatic carbocycles. The molecule has 1 amide bonds. The molecule has 206 valence electrons. The number of hydrogen-bond donors (Lipinski definition) is 3. The Labute approximate surface area is 228 Å². The van der Waals surface area contributed by atoms with Crippen LogP contribution < -0.4 is 16.0 Å². The third-order valence-electron chi connectivity index (χ3n) is 9.19. The van der Waals surface area contributed by atoms with Crippen molar-refractivity contribution in [3.8, 4) is 0 Å². The van der Waals surface area contributed by atoms with Gasteiger partial charge < -0.3 is 16.0 Å². The summed E-state index contributed by atoms with van der Waals surface area (Å²) in [7, 11) is -3.58. The molecule has 0 radical (unpaired) electrons. The van der Waals surface area contributed by atoms with Gasteiger partial charge in [-0.25, -0.2) is 8.42 Å². The van der Waals surface area contributed by atoms with Gasteiger partial charge in [-0.1, -0.05) is 50.3 Å². The molecule has 3 fully saturated rings. The third-order valence-corrected chi connectivity index (χ3v) is 10.9. The van der Waals surface area contributed by atoms with Gasteiger partial charge in [0.2, 0.25) is 15.7 Å². The number of hydrogen-bond acceptors (Lipinski definition) is 5. The summed E-state index contributed by atoms with van der Waals surface area (Å²) in [5.74, 6) is 0.731. The van der Waals surface area contributed by atoms with Crippen molar-refractivity contribution < 1.29 is 13.2 Å². The van der Waals surface area contributed by atoms with E-state index < -0.39 is 9.84 Å². The average molecular weight is 538 g/mol. The molecular weight excluding hydrogens is 494 g/mol. The van der Waals surface area contributed by atoms with Gasteiger partial charge in [0.15, 0.2) is 0 Å². The van der Waals surface area contributed by atoms with Crippen LogP contribution in [0.3, 0.4) is 0 Å². The molecule has 3 unspecified atom stereocenters. The Morgan fingerprint density at radius 3 is 2.26 bits per heavy atom. The second kappa shape index (κ2) is 11.5. The van der Waals surface area contributed by atoms with E-state index in [1.54, 1.807) is 36.4 Å². The number of sulfone groups is 1. The first kappa shape index (κ1) is 27.4. The van der Waals surface area contributed by atoms with Crippen molar-refractivity contribution in [2.24, 2.45) is 11.3 Å². The zero-order valence-corrected chi connectivity index (χ0v) is 23.7. The Morgan fingerprint density at radius 2 is 1.58 bits per heavy atom. The van der Waals surface area contributed by atoms with Crippen LogP contribution in [0.1, 0.15) is 74.5 Å². The first-order chi connectivity index (χ1) is 18.3. The van der Waals surface area contributed by atoms with E-state index in [0.717, 1.165) is 42.6 Å². The van der Waals surface area contributed by atoms with Crippen LogP contribution in [0.4, 0.5) is 0 Å². The summed E-state index contributed by atoms with van der Waals surface area (Å²) in [5.41, 5.74) is 2.91. The maximum absolute atomic E-state index is 13.3. The molecule has 1 saturated carbocycles. The summed E-state index contributed by atoms with van der Waals surface area (Å²) in [6.45, 7) is 6.22. The number of amides is 1. The number of fused-ring (bicyclic) bond motifs is 1. The first-order valence-corrected chi connectivity index (χ1v) is 15.9. The molecule has 0 spiro atoms. The van der Waals surface area contributed by atoms with Gasteiger partial charge in [0.1, 0.15) is 0 Å². The SMILES string of the molecule is Cc1cc(C)cc(S(=O)(=O)c2ccc(CNC(=O)C3CC4(C5CCCCCCC5)CNCCC4N3)cc2)c1. The van der Waals surface area contributed by atoms with Gasteiger partial charge in [-0.2, -0.15) is 0 Å². The lowest BCUT2D eigenvalue weighted by Gasteiger charge is -2.46. The van der Waals surface area contributed by atoms with Crippen LogP contribution >= 0.6 is 0 Å². The fourth-order valence-electron chi connectivity index (χ4n) is 7.24. The molecular formula is C31H43N3O3S. The number of rotatable bonds is 6. The lowest BCUT2D eigenvalue weighted by molar-refractivity contribution is -0.123. The molecule has 7 heteroatoms. The summed E-state index contributed by atoms with van der Waals surface area (Å²) in [6.07, 6.45) is 11.2. The van der Waals surface area contributed by atoms with E-state index in [0.29, 0.717) is 23.4 Å². The van der Waals surface area contributed by atoms with Crippen molar-refractivity contribution >= 4 is 15.7 Å². The number of piperidine rings is 1. The maximum atomic E-state index is 13.3. The quantitative estimate of drug-likeness (QED) is 0.492. The number of carbonyl (C=O) groups excluding carboxylic acids is 1. The minimum absolute atomic E-state index is 0.0524. The summed E-state index contributed by atoms with van der Waals surface area (Å²) in [6, 6.07) is 12.5. The average Bonchev–Trinajstić information content (AvgIpc) is 3.27. The molecule has 38 heavy (non-hydrogen) atoms. The molecule has 0 aromatic heterocycles. The van der Waals surface area contributed by atoms with Crippen molar-refractivity contribution in [1.29, 1.82) is 0 Å². The summed E-state index contributed by atoms with van der Waals surface area (Å²) in [4.78, 5) is 13.9. The summed E-state index contributed by atoms with van der Waals surface area (Å²) in [5, 5.41) is 10.5. The third kappa shape index (κ3) is 5.70. The van der Waals surface area contributed by atoms with Gasteiger partial charge in [-0.3, -0.25) is 4.79 Å². The van der Waals surface area contributed by atoms with Gasteiger partial charge in [0, 0.05) is 24.5 Å². The van der Waals surface area contributed by atoms with Crippen molar-refractivity contribution in [1.82, 2.24) is 16.0 Å². The van der Waals surface area contributed by atoms with Crippen molar-refractivity contribution in [2.45, 2.75) is 100 Å². The van der Waals surface area contributed by atoms with E-state index in [-0.39, 0.29) is 22.3 Å². The Bertz CT molecular complexity index is 1220. The topological polar surface area (TPSA) is 87.3 Å². The van der Waals surface area contributed by atoms with E-state index in [1.807, 2.05) is 19.9 Å². The smallest absolute Gasteiger partial charge is 0.237 e. The van der Waals surface area contributed by atoms with Gasteiger partial charge in [0.05, 0.1) is 15.8 Å². The Morgan fingerprint density at radius 1 is 0.921 bits per heavy atom. The summed E-state index contributed by atoms with van der Waals surface area (Å²) >= 11 is 0. The molecule has 5 rings (SSSR count). The first-order valence-electron chi connectivity index (χ1n) is 14.4. The van der Waals surface area contributed by atoms with E-state index in [9.17, 15) is 13.2 Å². The van der Waals surface area contributed by atoms with Gasteiger partial charge in [0.25, 0.3) is 0 Å². The molecule has 3 aliphatic rings. The molecule has 2 saturated heterocycles. The van der Waals surface area contributed by atoms with E-state index >= 15 is 0 Å². The molecule has 2 aromatic rings. The largest absolute Gasteiger partial charge is 0.351 e. The molecule has 0 bridgehead atoms. The fourth-order valence-corrected chi connectivity index (χ4v) is 8.69. The molecule has 2 heterocycles. The van der Waals surface area contributed by atoms with Crippen LogP contribution in [-0.4, -0.2) is 39.5 Å². The highest BCUT2D eigenvalue weighted by Crippen LogP contribution is 2.48. The lowest BCUT2D eigenvalue weighted by atomic mass is 9.63. The zero-order chi connectivity index (χ0) is 26.8. The van der Waals surface area contributed by atoms with Crippen LogP contribution in [0.2, 0.25) is 0 Å². The zero-order valence-electron chi connectivity index (χ0n) is 22.9. The molecule has 2 aliphatic heterocycles. The summed E-state index contributed by atoms with van der Waals surface area (Å²) < 4.78 is 26.3. The maximum Gasteiger partial charge on any atom is 0.237 e. The minimum Gasteiger partial charge on any atom is -0.351 e. The number of nitrogens with one attached hydrogen (secondary N) is 3. The second-order valence-electron chi connectivity index (χ2n) is 11.9. The predicted octanol–water partition coefficient (Wildman–Crippen LogP) is 4.82. The van der Waals surface area contributed by atoms with Gasteiger partial charge in [-0.15, -0.1) is 0 Å². The Kier molecular flexibility index (Phi) is 8.27. The highest BCUT2D eigenvalue weighted by Gasteiger charge is 2.53. The Hall–Kier alpha value is -2.22.